The van der Waals surface area contributed by atoms with Gasteiger partial charge in [0.25, 0.3) is 5.91 Å². The number of piperazine rings is 1. The van der Waals surface area contributed by atoms with Gasteiger partial charge in [-0.25, -0.2) is 0 Å². The molecular formula is C28H40F3N3O5. The molecule has 4 rings (SSSR count). The third-order valence-corrected chi connectivity index (χ3v) is 8.32. The number of ether oxygens (including phenoxy) is 2. The molecule has 0 spiro atoms. The molecular weight excluding hydrogens is 515 g/mol. The van der Waals surface area contributed by atoms with E-state index in [0.717, 1.165) is 51.0 Å². The van der Waals surface area contributed by atoms with E-state index in [0.29, 0.717) is 18.6 Å². The standard InChI is InChI=1S/C28H40F3N3O5/c1-4-38-24-13-20(12-22(14-24)28(29,30)31)15-32-26(37)27(21-5-6-21)8-7-23(17-39-27)33-9-10-34(19(3)16-33)18(2)11-25(35)36/h12-14,18-19,21,23H,4-11,15-17H2,1-3H3,(H,32,37)(H,35,36)/t18-,19-,23+,27-/m0/s1. The molecule has 2 saturated heterocycles. The first-order valence-electron chi connectivity index (χ1n) is 13.9. The van der Waals surface area contributed by atoms with E-state index in [9.17, 15) is 22.8 Å². The number of aliphatic carboxylic acids is 1. The number of hydrogen-bond donors (Lipinski definition) is 2. The minimum atomic E-state index is -4.51. The van der Waals surface area contributed by atoms with Crippen molar-refractivity contribution >= 4 is 11.9 Å². The molecule has 0 unspecified atom stereocenters. The van der Waals surface area contributed by atoms with Gasteiger partial charge in [0.1, 0.15) is 11.4 Å². The second-order valence-corrected chi connectivity index (χ2v) is 11.2. The van der Waals surface area contributed by atoms with Crippen LogP contribution in [-0.4, -0.2) is 83.4 Å². The van der Waals surface area contributed by atoms with Gasteiger partial charge in [-0.1, -0.05) is 0 Å². The fourth-order valence-corrected chi connectivity index (χ4v) is 6.17. The van der Waals surface area contributed by atoms with Crippen molar-refractivity contribution in [2.45, 2.75) is 89.3 Å². The van der Waals surface area contributed by atoms with Crippen LogP contribution in [0.1, 0.15) is 64.0 Å². The van der Waals surface area contributed by atoms with Crippen LogP contribution in [0.25, 0.3) is 0 Å². The van der Waals surface area contributed by atoms with Gasteiger partial charge in [-0.3, -0.25) is 19.4 Å². The number of carboxylic acids is 1. The topological polar surface area (TPSA) is 91.3 Å². The van der Waals surface area contributed by atoms with Gasteiger partial charge >= 0.3 is 12.1 Å². The smallest absolute Gasteiger partial charge is 0.416 e. The predicted molar refractivity (Wildman–Crippen MR) is 138 cm³/mol. The summed E-state index contributed by atoms with van der Waals surface area (Å²) in [4.78, 5) is 29.2. The number of nitrogens with zero attached hydrogens (tertiary/aromatic N) is 2. The quantitative estimate of drug-likeness (QED) is 0.452. The second kappa shape index (κ2) is 12.0. The lowest BCUT2D eigenvalue weighted by atomic mass is 9.85. The Morgan fingerprint density at radius 2 is 1.97 bits per heavy atom. The third-order valence-electron chi connectivity index (χ3n) is 8.32. The maximum atomic E-state index is 13.5. The summed E-state index contributed by atoms with van der Waals surface area (Å²) in [7, 11) is 0. The number of nitrogens with one attached hydrogen (secondary N) is 1. The van der Waals surface area contributed by atoms with Gasteiger partial charge in [0.15, 0.2) is 0 Å². The number of amides is 1. The highest BCUT2D eigenvalue weighted by molar-refractivity contribution is 5.86. The van der Waals surface area contributed by atoms with Crippen molar-refractivity contribution in [3.63, 3.8) is 0 Å². The first-order valence-corrected chi connectivity index (χ1v) is 13.9. The van der Waals surface area contributed by atoms with Crippen LogP contribution in [0, 0.1) is 5.92 Å². The van der Waals surface area contributed by atoms with E-state index in [-0.39, 0.29) is 55.3 Å². The van der Waals surface area contributed by atoms with E-state index in [1.54, 1.807) is 6.92 Å². The Kier molecular flexibility index (Phi) is 9.12. The van der Waals surface area contributed by atoms with E-state index in [1.807, 2.05) is 6.92 Å². The highest BCUT2D eigenvalue weighted by Gasteiger charge is 2.54. The SMILES string of the molecule is CCOc1cc(CNC(=O)[C@@]2(C3CC3)CC[C@@H](N3CCN([C@@H](C)CC(=O)O)[C@@H](C)C3)CO2)cc(C(F)(F)F)c1. The molecule has 0 bridgehead atoms. The molecule has 1 aromatic carbocycles. The lowest BCUT2D eigenvalue weighted by molar-refractivity contribution is -0.166. The molecule has 11 heteroatoms. The summed E-state index contributed by atoms with van der Waals surface area (Å²) in [5.41, 5.74) is -1.44. The van der Waals surface area contributed by atoms with Crippen molar-refractivity contribution in [3.8, 4) is 5.75 Å². The van der Waals surface area contributed by atoms with Crippen molar-refractivity contribution in [2.24, 2.45) is 5.92 Å². The number of carboxylic acid groups (broad SMARTS) is 1. The zero-order chi connectivity index (χ0) is 28.4. The van der Waals surface area contributed by atoms with Crippen LogP contribution in [0.5, 0.6) is 5.75 Å². The van der Waals surface area contributed by atoms with Gasteiger partial charge in [0, 0.05) is 44.3 Å². The van der Waals surface area contributed by atoms with Crippen LogP contribution in [0.15, 0.2) is 18.2 Å². The van der Waals surface area contributed by atoms with E-state index in [1.165, 1.54) is 6.07 Å². The molecule has 1 saturated carbocycles. The van der Waals surface area contributed by atoms with Crippen LogP contribution >= 0.6 is 0 Å². The molecule has 1 aromatic rings. The Morgan fingerprint density at radius 3 is 2.54 bits per heavy atom. The summed E-state index contributed by atoms with van der Waals surface area (Å²) in [5, 5.41) is 12.0. The molecule has 39 heavy (non-hydrogen) atoms. The number of carbonyl (C=O) groups excluding carboxylic acids is 1. The molecule has 2 aliphatic heterocycles. The van der Waals surface area contributed by atoms with Crippen molar-refractivity contribution in [1.82, 2.24) is 15.1 Å². The van der Waals surface area contributed by atoms with Gasteiger partial charge < -0.3 is 19.9 Å². The molecule has 4 atom stereocenters. The Morgan fingerprint density at radius 1 is 1.23 bits per heavy atom. The van der Waals surface area contributed by atoms with E-state index in [4.69, 9.17) is 14.6 Å². The van der Waals surface area contributed by atoms with E-state index in [2.05, 4.69) is 22.0 Å². The average Bonchev–Trinajstić information content (AvgIpc) is 3.72. The molecule has 0 aromatic heterocycles. The first kappa shape index (κ1) is 29.6. The summed E-state index contributed by atoms with van der Waals surface area (Å²) in [6.07, 6.45) is -1.26. The summed E-state index contributed by atoms with van der Waals surface area (Å²) in [5.74, 6) is -0.821. The number of halogens is 3. The summed E-state index contributed by atoms with van der Waals surface area (Å²) < 4.78 is 51.8. The number of carbonyl (C=O) groups is 2. The second-order valence-electron chi connectivity index (χ2n) is 11.2. The van der Waals surface area contributed by atoms with Crippen LogP contribution in [0.4, 0.5) is 13.2 Å². The number of rotatable bonds is 10. The zero-order valence-electron chi connectivity index (χ0n) is 22.9. The van der Waals surface area contributed by atoms with Gasteiger partial charge in [-0.2, -0.15) is 13.2 Å². The van der Waals surface area contributed by atoms with Gasteiger partial charge in [-0.05, 0) is 76.1 Å². The van der Waals surface area contributed by atoms with Crippen LogP contribution in [-0.2, 0) is 27.0 Å². The minimum Gasteiger partial charge on any atom is -0.494 e. The van der Waals surface area contributed by atoms with Crippen molar-refractivity contribution in [3.05, 3.63) is 29.3 Å². The first-order chi connectivity index (χ1) is 18.4. The molecule has 2 heterocycles. The molecule has 218 valence electrons. The molecule has 0 radical (unpaired) electrons. The van der Waals surface area contributed by atoms with Crippen LogP contribution in [0.3, 0.4) is 0 Å². The van der Waals surface area contributed by atoms with E-state index >= 15 is 0 Å². The molecule has 1 aliphatic carbocycles. The fraction of sp³-hybridized carbons (Fsp3) is 0.714. The largest absolute Gasteiger partial charge is 0.494 e. The highest BCUT2D eigenvalue weighted by Crippen LogP contribution is 2.47. The zero-order valence-corrected chi connectivity index (χ0v) is 22.9. The Hall–Kier alpha value is -2.37. The summed E-state index contributed by atoms with van der Waals surface area (Å²) in [6, 6.07) is 3.89. The van der Waals surface area contributed by atoms with Crippen molar-refractivity contribution < 1.29 is 37.3 Å². The lowest BCUT2D eigenvalue weighted by Gasteiger charge is -2.48. The van der Waals surface area contributed by atoms with Gasteiger partial charge in [0.05, 0.1) is 25.2 Å². The average molecular weight is 556 g/mol. The predicted octanol–water partition coefficient (Wildman–Crippen LogP) is 3.92. The van der Waals surface area contributed by atoms with Crippen molar-refractivity contribution in [1.29, 1.82) is 0 Å². The van der Waals surface area contributed by atoms with E-state index < -0.39 is 23.3 Å². The summed E-state index contributed by atoms with van der Waals surface area (Å²) in [6.45, 7) is 8.77. The summed E-state index contributed by atoms with van der Waals surface area (Å²) >= 11 is 0. The molecule has 2 N–H and O–H groups in total. The molecule has 1 amide bonds. The van der Waals surface area contributed by atoms with Gasteiger partial charge in [-0.15, -0.1) is 0 Å². The maximum absolute atomic E-state index is 13.5. The molecule has 3 aliphatic rings. The molecule has 3 fully saturated rings. The normalized spacial score (nSPS) is 27.6. The monoisotopic (exact) mass is 555 g/mol. The lowest BCUT2D eigenvalue weighted by Crippen LogP contribution is -2.61. The van der Waals surface area contributed by atoms with Crippen LogP contribution < -0.4 is 10.1 Å². The third kappa shape index (κ3) is 7.05. The van der Waals surface area contributed by atoms with Gasteiger partial charge in [0.2, 0.25) is 0 Å². The Balaban J connectivity index is 1.36. The minimum absolute atomic E-state index is 0.0325. The Labute approximate surface area is 227 Å². The maximum Gasteiger partial charge on any atom is 0.416 e. The van der Waals surface area contributed by atoms with Crippen molar-refractivity contribution in [2.75, 3.05) is 32.8 Å². The number of hydrogen-bond acceptors (Lipinski definition) is 6. The number of benzene rings is 1. The highest BCUT2D eigenvalue weighted by atomic mass is 19.4. The Bertz CT molecular complexity index is 1020. The number of alkyl halides is 3. The molecule has 8 nitrogen and oxygen atoms in total. The fourth-order valence-electron chi connectivity index (χ4n) is 6.17. The van der Waals surface area contributed by atoms with Crippen LogP contribution in [0.2, 0.25) is 0 Å².